The Labute approximate surface area is 138 Å². The van der Waals surface area contributed by atoms with Crippen LogP contribution in [0.2, 0.25) is 5.02 Å². The van der Waals surface area contributed by atoms with Gasteiger partial charge in [-0.15, -0.1) is 11.3 Å². The SMILES string of the molecule is CN(Cc1csc(Br)c1)C(=O)c1ccc([N+](=O)[O-])cc1Cl. The van der Waals surface area contributed by atoms with Crippen LogP contribution in [0.1, 0.15) is 15.9 Å². The molecule has 2 aromatic rings. The zero-order valence-corrected chi connectivity index (χ0v) is 14.0. The number of amides is 1. The Morgan fingerprint density at radius 1 is 1.48 bits per heavy atom. The molecule has 0 saturated heterocycles. The maximum Gasteiger partial charge on any atom is 0.270 e. The maximum absolute atomic E-state index is 12.3. The number of hydrogen-bond acceptors (Lipinski definition) is 4. The summed E-state index contributed by atoms with van der Waals surface area (Å²) >= 11 is 10.9. The first-order valence-electron chi connectivity index (χ1n) is 5.81. The lowest BCUT2D eigenvalue weighted by Crippen LogP contribution is -2.26. The highest BCUT2D eigenvalue weighted by Crippen LogP contribution is 2.25. The molecule has 0 aliphatic heterocycles. The fraction of sp³-hybridized carbons (Fsp3) is 0.154. The number of carbonyl (C=O) groups is 1. The van der Waals surface area contributed by atoms with Crippen molar-refractivity contribution in [1.82, 2.24) is 4.90 Å². The van der Waals surface area contributed by atoms with Crippen LogP contribution >= 0.6 is 38.9 Å². The standard InChI is InChI=1S/C13H10BrClN2O3S/c1-16(6-8-4-12(14)21-7-8)13(18)10-3-2-9(17(19)20)5-11(10)15/h2-5,7H,6H2,1H3. The normalized spacial score (nSPS) is 10.4. The summed E-state index contributed by atoms with van der Waals surface area (Å²) in [6.07, 6.45) is 0. The van der Waals surface area contributed by atoms with E-state index in [1.165, 1.54) is 34.4 Å². The number of nitro benzene ring substituents is 1. The molecule has 0 atom stereocenters. The fourth-order valence-corrected chi connectivity index (χ4v) is 3.23. The van der Waals surface area contributed by atoms with Gasteiger partial charge in [0.2, 0.25) is 0 Å². The van der Waals surface area contributed by atoms with E-state index in [-0.39, 0.29) is 22.2 Å². The third-order valence-electron chi connectivity index (χ3n) is 2.78. The van der Waals surface area contributed by atoms with E-state index in [9.17, 15) is 14.9 Å². The monoisotopic (exact) mass is 388 g/mol. The smallest absolute Gasteiger partial charge is 0.270 e. The fourth-order valence-electron chi connectivity index (χ4n) is 1.77. The highest BCUT2D eigenvalue weighted by atomic mass is 79.9. The van der Waals surface area contributed by atoms with Crippen LogP contribution in [0.25, 0.3) is 0 Å². The van der Waals surface area contributed by atoms with Gasteiger partial charge in [-0.2, -0.15) is 0 Å². The first-order chi connectivity index (χ1) is 9.88. The Morgan fingerprint density at radius 2 is 2.19 bits per heavy atom. The molecule has 0 saturated carbocycles. The van der Waals surface area contributed by atoms with Gasteiger partial charge >= 0.3 is 0 Å². The van der Waals surface area contributed by atoms with E-state index in [1.54, 1.807) is 7.05 Å². The molecule has 0 aliphatic carbocycles. The Bertz CT molecular complexity index is 704. The molecule has 0 unspecified atom stereocenters. The van der Waals surface area contributed by atoms with Crippen molar-refractivity contribution in [2.75, 3.05) is 7.05 Å². The van der Waals surface area contributed by atoms with Gasteiger partial charge in [0.15, 0.2) is 0 Å². The highest BCUT2D eigenvalue weighted by Gasteiger charge is 2.18. The van der Waals surface area contributed by atoms with Crippen LogP contribution in [-0.4, -0.2) is 22.8 Å². The van der Waals surface area contributed by atoms with E-state index in [0.717, 1.165) is 9.35 Å². The van der Waals surface area contributed by atoms with Crippen LogP contribution in [0, 0.1) is 10.1 Å². The van der Waals surface area contributed by atoms with Crippen molar-refractivity contribution in [1.29, 1.82) is 0 Å². The van der Waals surface area contributed by atoms with Gasteiger partial charge in [-0.25, -0.2) is 0 Å². The second kappa shape index (κ2) is 6.55. The maximum atomic E-state index is 12.3. The van der Waals surface area contributed by atoms with Crippen molar-refractivity contribution in [3.05, 3.63) is 59.7 Å². The van der Waals surface area contributed by atoms with E-state index >= 15 is 0 Å². The van der Waals surface area contributed by atoms with Crippen LogP contribution in [0.15, 0.2) is 33.4 Å². The Hall–Kier alpha value is -1.44. The van der Waals surface area contributed by atoms with Crippen molar-refractivity contribution in [2.45, 2.75) is 6.54 Å². The number of rotatable bonds is 4. The number of thiophene rings is 1. The molecule has 2 rings (SSSR count). The molecule has 1 aromatic heterocycles. The highest BCUT2D eigenvalue weighted by molar-refractivity contribution is 9.11. The molecule has 0 aliphatic rings. The molecule has 0 spiro atoms. The van der Waals surface area contributed by atoms with Crippen molar-refractivity contribution >= 4 is 50.5 Å². The minimum Gasteiger partial charge on any atom is -0.337 e. The van der Waals surface area contributed by atoms with E-state index in [0.29, 0.717) is 6.54 Å². The summed E-state index contributed by atoms with van der Waals surface area (Å²) in [5, 5.41) is 12.7. The topological polar surface area (TPSA) is 63.5 Å². The summed E-state index contributed by atoms with van der Waals surface area (Å²) in [6, 6.07) is 5.77. The zero-order valence-electron chi connectivity index (χ0n) is 10.9. The number of non-ortho nitro benzene ring substituents is 1. The summed E-state index contributed by atoms with van der Waals surface area (Å²) in [5.41, 5.74) is 1.11. The first kappa shape index (κ1) is 15.9. The molecule has 0 fully saturated rings. The number of carbonyl (C=O) groups excluding carboxylic acids is 1. The van der Waals surface area contributed by atoms with Gasteiger partial charge in [0.1, 0.15) is 0 Å². The van der Waals surface area contributed by atoms with Crippen molar-refractivity contribution in [2.24, 2.45) is 0 Å². The van der Waals surface area contributed by atoms with Crippen LogP contribution in [0.5, 0.6) is 0 Å². The van der Waals surface area contributed by atoms with Crippen molar-refractivity contribution < 1.29 is 9.72 Å². The van der Waals surface area contributed by atoms with Crippen LogP contribution < -0.4 is 0 Å². The average Bonchev–Trinajstić information content (AvgIpc) is 2.83. The average molecular weight is 390 g/mol. The van der Waals surface area contributed by atoms with E-state index in [4.69, 9.17) is 11.6 Å². The van der Waals surface area contributed by atoms with E-state index in [2.05, 4.69) is 15.9 Å². The molecule has 8 heteroatoms. The molecule has 0 N–H and O–H groups in total. The lowest BCUT2D eigenvalue weighted by atomic mass is 10.1. The zero-order chi connectivity index (χ0) is 15.6. The minimum atomic E-state index is -0.549. The van der Waals surface area contributed by atoms with Gasteiger partial charge in [-0.3, -0.25) is 14.9 Å². The number of benzene rings is 1. The van der Waals surface area contributed by atoms with Crippen LogP contribution in [-0.2, 0) is 6.54 Å². The van der Waals surface area contributed by atoms with E-state index in [1.807, 2.05) is 11.4 Å². The lowest BCUT2D eigenvalue weighted by Gasteiger charge is -2.17. The Morgan fingerprint density at radius 3 is 2.71 bits per heavy atom. The predicted molar refractivity (Wildman–Crippen MR) is 85.9 cm³/mol. The van der Waals surface area contributed by atoms with Crippen molar-refractivity contribution in [3.63, 3.8) is 0 Å². The summed E-state index contributed by atoms with van der Waals surface area (Å²) < 4.78 is 0.992. The molecule has 1 amide bonds. The Balaban J connectivity index is 2.17. The quantitative estimate of drug-likeness (QED) is 0.577. The predicted octanol–water partition coefficient (Wildman–Crippen LogP) is 4.34. The molecular formula is C13H10BrClN2O3S. The summed E-state index contributed by atoms with van der Waals surface area (Å²) in [7, 11) is 1.66. The van der Waals surface area contributed by atoms with Crippen molar-refractivity contribution in [3.8, 4) is 0 Å². The number of halogens is 2. The van der Waals surface area contributed by atoms with Gasteiger partial charge in [0, 0.05) is 25.7 Å². The first-order valence-corrected chi connectivity index (χ1v) is 7.86. The molecule has 21 heavy (non-hydrogen) atoms. The largest absolute Gasteiger partial charge is 0.337 e. The van der Waals surface area contributed by atoms with Gasteiger partial charge in [-0.1, -0.05) is 11.6 Å². The minimum absolute atomic E-state index is 0.0764. The number of nitro groups is 1. The molecule has 5 nitrogen and oxygen atoms in total. The second-order valence-corrected chi connectivity index (χ2v) is 7.04. The molecule has 0 bridgehead atoms. The number of hydrogen-bond donors (Lipinski definition) is 0. The summed E-state index contributed by atoms with van der Waals surface area (Å²) in [6.45, 7) is 0.439. The van der Waals surface area contributed by atoms with Crippen LogP contribution in [0.4, 0.5) is 5.69 Å². The van der Waals surface area contributed by atoms with Gasteiger partial charge in [0.25, 0.3) is 11.6 Å². The third-order valence-corrected chi connectivity index (χ3v) is 4.65. The molecular weight excluding hydrogens is 380 g/mol. The Kier molecular flexibility index (Phi) is 4.97. The third kappa shape index (κ3) is 3.81. The molecule has 110 valence electrons. The van der Waals surface area contributed by atoms with Gasteiger partial charge in [-0.05, 0) is 39.0 Å². The molecule has 0 radical (unpaired) electrons. The van der Waals surface area contributed by atoms with E-state index < -0.39 is 4.92 Å². The number of nitrogens with zero attached hydrogens (tertiary/aromatic N) is 2. The van der Waals surface area contributed by atoms with Crippen LogP contribution in [0.3, 0.4) is 0 Å². The second-order valence-electron chi connectivity index (χ2n) is 4.34. The van der Waals surface area contributed by atoms with Gasteiger partial charge in [0.05, 0.1) is 19.3 Å². The molecule has 1 aromatic carbocycles. The lowest BCUT2D eigenvalue weighted by molar-refractivity contribution is -0.384. The summed E-state index contributed by atoms with van der Waals surface area (Å²) in [5.74, 6) is -0.280. The molecule has 1 heterocycles. The summed E-state index contributed by atoms with van der Waals surface area (Å²) in [4.78, 5) is 23.9. The van der Waals surface area contributed by atoms with Gasteiger partial charge < -0.3 is 4.90 Å².